The third kappa shape index (κ3) is 9.78. The van der Waals surface area contributed by atoms with Crippen molar-refractivity contribution in [2.45, 2.75) is 64.0 Å². The number of nitrogens with two attached hydrogens (primary N) is 1. The minimum atomic E-state index is -0.776. The number of nitrogens with one attached hydrogen (secondary N) is 4. The molecule has 0 radical (unpaired) electrons. The SMILES string of the molecule is Cc1cc(C(=O)NC2CCN(C)CC2)ccc1-c1ccc(C[C@H](NC(=O)[C@H]2CC[C@H](CN)CC2)C(=O)Nc2ccc(-c3nn[nH]n3)cc2)cc1.Cl. The molecule has 1 saturated heterocycles. The number of piperidine rings is 1. The Hall–Kier alpha value is -4.65. The fraction of sp³-hybridized carbons (Fsp3) is 0.421. The van der Waals surface area contributed by atoms with Crippen LogP contribution in [-0.2, 0) is 16.0 Å². The van der Waals surface area contributed by atoms with Crippen molar-refractivity contribution in [2.24, 2.45) is 17.6 Å². The molecule has 3 aromatic carbocycles. The zero-order valence-corrected chi connectivity index (χ0v) is 30.0. The summed E-state index contributed by atoms with van der Waals surface area (Å²) in [4.78, 5) is 42.4. The Kier molecular flexibility index (Phi) is 12.9. The molecule has 6 rings (SSSR count). The van der Waals surface area contributed by atoms with Gasteiger partial charge in [-0.15, -0.1) is 22.6 Å². The molecule has 51 heavy (non-hydrogen) atoms. The number of aromatic nitrogens is 4. The Balaban J connectivity index is 0.00000504. The number of nitrogens with zero attached hydrogens (tertiary/aromatic N) is 4. The smallest absolute Gasteiger partial charge is 0.251 e. The molecule has 2 fully saturated rings. The van der Waals surface area contributed by atoms with Crippen molar-refractivity contribution in [3.05, 3.63) is 83.4 Å². The summed E-state index contributed by atoms with van der Waals surface area (Å²) in [5, 5.41) is 23.3. The number of likely N-dealkylation sites (tertiary alicyclic amines) is 1. The molecule has 2 aliphatic rings. The molecule has 270 valence electrons. The summed E-state index contributed by atoms with van der Waals surface area (Å²) in [7, 11) is 2.11. The Morgan fingerprint density at radius 3 is 2.24 bits per heavy atom. The molecule has 0 unspecified atom stereocenters. The van der Waals surface area contributed by atoms with Gasteiger partial charge in [0.25, 0.3) is 5.91 Å². The summed E-state index contributed by atoms with van der Waals surface area (Å²) in [6.45, 7) is 4.63. The van der Waals surface area contributed by atoms with Crippen molar-refractivity contribution in [2.75, 3.05) is 32.0 Å². The number of anilines is 1. The maximum absolute atomic E-state index is 13.7. The van der Waals surface area contributed by atoms with Gasteiger partial charge < -0.3 is 26.6 Å². The van der Waals surface area contributed by atoms with Crippen LogP contribution < -0.4 is 21.7 Å². The Labute approximate surface area is 305 Å². The first-order valence-corrected chi connectivity index (χ1v) is 17.6. The maximum atomic E-state index is 13.7. The van der Waals surface area contributed by atoms with Crippen LogP contribution in [0.4, 0.5) is 5.69 Å². The van der Waals surface area contributed by atoms with Crippen molar-refractivity contribution in [3.8, 4) is 22.5 Å². The van der Waals surface area contributed by atoms with Crippen LogP contribution in [-0.4, -0.2) is 82.0 Å². The average molecular weight is 714 g/mol. The molecule has 1 atom stereocenters. The van der Waals surface area contributed by atoms with E-state index in [0.717, 1.165) is 79.4 Å². The predicted octanol–water partition coefficient (Wildman–Crippen LogP) is 4.52. The van der Waals surface area contributed by atoms with Gasteiger partial charge in [-0.05, 0) is 142 Å². The minimum absolute atomic E-state index is 0. The van der Waals surface area contributed by atoms with Gasteiger partial charge in [-0.25, -0.2) is 0 Å². The monoisotopic (exact) mass is 713 g/mol. The fourth-order valence-corrected chi connectivity index (χ4v) is 6.98. The highest BCUT2D eigenvalue weighted by Crippen LogP contribution is 2.29. The molecular formula is C38H48ClN9O3. The summed E-state index contributed by atoms with van der Waals surface area (Å²) < 4.78 is 0. The lowest BCUT2D eigenvalue weighted by Crippen LogP contribution is -2.48. The second kappa shape index (κ2) is 17.5. The highest BCUT2D eigenvalue weighted by Gasteiger charge is 2.29. The second-order valence-electron chi connectivity index (χ2n) is 13.8. The van der Waals surface area contributed by atoms with Crippen molar-refractivity contribution in [1.29, 1.82) is 0 Å². The summed E-state index contributed by atoms with van der Waals surface area (Å²) in [6, 6.07) is 20.4. The van der Waals surface area contributed by atoms with Crippen molar-refractivity contribution in [1.82, 2.24) is 36.2 Å². The molecule has 6 N–H and O–H groups in total. The molecule has 3 amide bonds. The third-order valence-electron chi connectivity index (χ3n) is 10.2. The number of tetrazole rings is 1. The van der Waals surface area contributed by atoms with Gasteiger partial charge in [0.05, 0.1) is 0 Å². The molecular weight excluding hydrogens is 666 g/mol. The number of hydrogen-bond acceptors (Lipinski definition) is 8. The Bertz CT molecular complexity index is 1750. The van der Waals surface area contributed by atoms with Crippen LogP contribution in [0.15, 0.2) is 66.7 Å². The number of aromatic amines is 1. The van der Waals surface area contributed by atoms with Gasteiger partial charge >= 0.3 is 0 Å². The van der Waals surface area contributed by atoms with Gasteiger partial charge in [0.1, 0.15) is 6.04 Å². The molecule has 1 saturated carbocycles. The van der Waals surface area contributed by atoms with Gasteiger partial charge in [0.2, 0.25) is 17.6 Å². The van der Waals surface area contributed by atoms with E-state index in [-0.39, 0.29) is 42.1 Å². The molecule has 4 aromatic rings. The largest absolute Gasteiger partial charge is 0.349 e. The third-order valence-corrected chi connectivity index (χ3v) is 10.2. The number of halogens is 1. The van der Waals surface area contributed by atoms with Crippen LogP contribution in [0.1, 0.15) is 60.0 Å². The standard InChI is InChI=1S/C38H47N9O3.ClH/c1-24-21-30(37(49)40-32-17-19-47(2)20-18-32)13-16-33(24)27-7-3-25(4-8-27)22-34(42-36(48)29-9-5-26(23-39)6-10-29)38(50)41-31-14-11-28(12-15-31)35-43-45-46-44-35;/h3-4,7-8,11-16,21,26,29,32,34H,5-6,9-10,17-20,22-23,39H2,1-2H3,(H,40,49)(H,41,50)(H,42,48)(H,43,44,45,46);1H/t26-,29-,34-;/m0./s1. The minimum Gasteiger partial charge on any atom is -0.349 e. The van der Waals surface area contributed by atoms with Crippen LogP contribution in [0.3, 0.4) is 0 Å². The van der Waals surface area contributed by atoms with Crippen LogP contribution in [0.25, 0.3) is 22.5 Å². The van der Waals surface area contributed by atoms with Gasteiger partial charge in [-0.2, -0.15) is 5.21 Å². The lowest BCUT2D eigenvalue weighted by atomic mass is 9.81. The summed E-state index contributed by atoms with van der Waals surface area (Å²) in [5.41, 5.74) is 11.9. The van der Waals surface area contributed by atoms with Crippen LogP contribution in [0, 0.1) is 18.8 Å². The number of H-pyrrole nitrogens is 1. The van der Waals surface area contributed by atoms with Crippen LogP contribution in [0.5, 0.6) is 0 Å². The molecule has 1 aliphatic carbocycles. The van der Waals surface area contributed by atoms with Crippen LogP contribution >= 0.6 is 12.4 Å². The summed E-state index contributed by atoms with van der Waals surface area (Å²) in [5.74, 6) is 0.345. The van der Waals surface area contributed by atoms with E-state index in [9.17, 15) is 14.4 Å². The first-order chi connectivity index (χ1) is 24.2. The first-order valence-electron chi connectivity index (χ1n) is 17.6. The molecule has 1 aromatic heterocycles. The van der Waals surface area contributed by atoms with E-state index in [4.69, 9.17) is 5.73 Å². The zero-order chi connectivity index (χ0) is 35.0. The van der Waals surface area contributed by atoms with Gasteiger partial charge in [0.15, 0.2) is 0 Å². The first kappa shape index (κ1) is 37.6. The molecule has 12 nitrogen and oxygen atoms in total. The Morgan fingerprint density at radius 2 is 1.61 bits per heavy atom. The normalized spacial score (nSPS) is 18.6. The summed E-state index contributed by atoms with van der Waals surface area (Å²) >= 11 is 0. The van der Waals surface area contributed by atoms with E-state index < -0.39 is 6.04 Å². The number of amides is 3. The fourth-order valence-electron chi connectivity index (χ4n) is 6.98. The number of carbonyl (C=O) groups excluding carboxylic acids is 3. The van der Waals surface area contributed by atoms with Crippen molar-refractivity contribution >= 4 is 35.8 Å². The predicted molar refractivity (Wildman–Crippen MR) is 200 cm³/mol. The highest BCUT2D eigenvalue weighted by molar-refractivity contribution is 5.98. The lowest BCUT2D eigenvalue weighted by molar-refractivity contribution is -0.130. The molecule has 1 aliphatic heterocycles. The average Bonchev–Trinajstić information content (AvgIpc) is 3.68. The highest BCUT2D eigenvalue weighted by atomic mass is 35.5. The zero-order valence-electron chi connectivity index (χ0n) is 29.2. The topological polar surface area (TPSA) is 171 Å². The quantitative estimate of drug-likeness (QED) is 0.151. The van der Waals surface area contributed by atoms with E-state index in [1.54, 1.807) is 24.3 Å². The van der Waals surface area contributed by atoms with Gasteiger partial charge in [-0.3, -0.25) is 14.4 Å². The lowest BCUT2D eigenvalue weighted by Gasteiger charge is -2.29. The van der Waals surface area contributed by atoms with E-state index in [1.807, 2.05) is 49.4 Å². The number of benzene rings is 3. The van der Waals surface area contributed by atoms with E-state index in [1.165, 1.54) is 0 Å². The van der Waals surface area contributed by atoms with Gasteiger partial charge in [0, 0.05) is 35.2 Å². The van der Waals surface area contributed by atoms with Crippen molar-refractivity contribution < 1.29 is 14.4 Å². The maximum Gasteiger partial charge on any atom is 0.251 e. The molecule has 2 heterocycles. The number of carbonyl (C=O) groups is 3. The van der Waals surface area contributed by atoms with Crippen LogP contribution in [0.2, 0.25) is 0 Å². The molecule has 0 bridgehead atoms. The Morgan fingerprint density at radius 1 is 0.922 bits per heavy atom. The van der Waals surface area contributed by atoms with E-state index in [0.29, 0.717) is 36.0 Å². The van der Waals surface area contributed by atoms with E-state index in [2.05, 4.69) is 48.5 Å². The van der Waals surface area contributed by atoms with Crippen molar-refractivity contribution in [3.63, 3.8) is 0 Å². The van der Waals surface area contributed by atoms with E-state index >= 15 is 0 Å². The molecule has 0 spiro atoms. The molecule has 13 heteroatoms. The number of aryl methyl sites for hydroxylation is 1. The van der Waals surface area contributed by atoms with Gasteiger partial charge in [-0.1, -0.05) is 30.3 Å². The second-order valence-corrected chi connectivity index (χ2v) is 13.8. The number of rotatable bonds is 11. The number of hydrogen-bond donors (Lipinski definition) is 5. The summed E-state index contributed by atoms with van der Waals surface area (Å²) in [6.07, 6.45) is 5.63.